The Morgan fingerprint density at radius 2 is 2.00 bits per heavy atom. The third kappa shape index (κ3) is 3.35. The van der Waals surface area contributed by atoms with Gasteiger partial charge in [-0.2, -0.15) is 4.98 Å². The lowest BCUT2D eigenvalue weighted by Gasteiger charge is -2.33. The van der Waals surface area contributed by atoms with Crippen LogP contribution < -0.4 is 14.5 Å². The Labute approximate surface area is 177 Å². The van der Waals surface area contributed by atoms with Gasteiger partial charge in [0.1, 0.15) is 11.5 Å². The number of piperazine rings is 1. The van der Waals surface area contributed by atoms with Gasteiger partial charge in [-0.05, 0) is 37.9 Å². The summed E-state index contributed by atoms with van der Waals surface area (Å²) in [6.45, 7) is 3.92. The fourth-order valence-corrected chi connectivity index (χ4v) is 4.56. The average Bonchev–Trinajstić information content (AvgIpc) is 3.22. The number of ether oxygens (including phenoxy) is 1. The fraction of sp³-hybridized carbons (Fsp3) is 0.500. The van der Waals surface area contributed by atoms with E-state index in [1.807, 2.05) is 18.3 Å². The molecule has 0 N–H and O–H groups in total. The molecule has 1 aliphatic carbocycles. The Bertz CT molecular complexity index is 1040. The lowest BCUT2D eigenvalue weighted by Crippen LogP contribution is -2.45. The zero-order chi connectivity index (χ0) is 20.7. The Morgan fingerprint density at radius 3 is 2.80 bits per heavy atom. The van der Waals surface area contributed by atoms with Gasteiger partial charge in [0, 0.05) is 45.5 Å². The first-order valence-electron chi connectivity index (χ1n) is 10.7. The zero-order valence-corrected chi connectivity index (χ0v) is 18.0. The Balaban J connectivity index is 1.53. The number of imidazole rings is 1. The van der Waals surface area contributed by atoms with Gasteiger partial charge in [-0.15, -0.1) is 0 Å². The maximum Gasteiger partial charge on any atom is 0.219 e. The highest BCUT2D eigenvalue weighted by Crippen LogP contribution is 2.35. The van der Waals surface area contributed by atoms with E-state index in [1.165, 1.54) is 17.7 Å². The minimum Gasteiger partial charge on any atom is -0.481 e. The molecule has 0 spiro atoms. The molecule has 30 heavy (non-hydrogen) atoms. The molecule has 0 amide bonds. The number of methoxy groups -OCH3 is 1. The van der Waals surface area contributed by atoms with Gasteiger partial charge >= 0.3 is 0 Å². The minimum absolute atomic E-state index is 0.238. The van der Waals surface area contributed by atoms with E-state index in [4.69, 9.17) is 19.7 Å². The van der Waals surface area contributed by atoms with Crippen LogP contribution >= 0.6 is 0 Å². The van der Waals surface area contributed by atoms with Gasteiger partial charge < -0.3 is 19.4 Å². The number of anilines is 2. The van der Waals surface area contributed by atoms with Crippen molar-refractivity contribution < 1.29 is 4.74 Å². The van der Waals surface area contributed by atoms with Gasteiger partial charge in [0.05, 0.1) is 25.0 Å². The van der Waals surface area contributed by atoms with Gasteiger partial charge in [0.2, 0.25) is 11.8 Å². The van der Waals surface area contributed by atoms with Crippen LogP contribution in [0, 0.1) is 0 Å². The summed E-state index contributed by atoms with van der Waals surface area (Å²) in [5.74, 6) is 2.43. The summed E-state index contributed by atoms with van der Waals surface area (Å²) >= 11 is 0. The van der Waals surface area contributed by atoms with Gasteiger partial charge in [-0.25, -0.2) is 4.98 Å². The van der Waals surface area contributed by atoms with E-state index in [0.29, 0.717) is 5.88 Å². The number of likely N-dealkylation sites (N-methyl/N-ethyl adjacent to an activating group) is 1. The second-order valence-electron chi connectivity index (χ2n) is 8.28. The second-order valence-corrected chi connectivity index (χ2v) is 8.28. The molecule has 1 atom stereocenters. The van der Waals surface area contributed by atoms with E-state index >= 15 is 0 Å². The number of fused-ring (bicyclic) bond motifs is 2. The minimum atomic E-state index is 0.238. The van der Waals surface area contributed by atoms with Crippen LogP contribution in [0.3, 0.4) is 0 Å². The predicted molar refractivity (Wildman–Crippen MR) is 118 cm³/mol. The number of nitrogens with zero attached hydrogens (tertiary/aromatic N) is 7. The fourth-order valence-electron chi connectivity index (χ4n) is 4.56. The number of aryl methyl sites for hydroxylation is 1. The van der Waals surface area contributed by atoms with E-state index in [2.05, 4.69) is 45.5 Å². The van der Waals surface area contributed by atoms with Crippen LogP contribution in [0.15, 0.2) is 30.6 Å². The molecule has 158 valence electrons. The van der Waals surface area contributed by atoms with Crippen molar-refractivity contribution in [1.29, 1.82) is 0 Å². The van der Waals surface area contributed by atoms with Crippen LogP contribution in [0.2, 0.25) is 0 Å². The molecule has 4 heterocycles. The second kappa shape index (κ2) is 7.75. The molecule has 0 unspecified atom stereocenters. The highest BCUT2D eigenvalue weighted by atomic mass is 16.5. The van der Waals surface area contributed by atoms with Crippen molar-refractivity contribution in [2.45, 2.75) is 25.3 Å². The van der Waals surface area contributed by atoms with Crippen LogP contribution in [0.4, 0.5) is 11.8 Å². The molecule has 1 saturated heterocycles. The van der Waals surface area contributed by atoms with Crippen molar-refractivity contribution in [2.24, 2.45) is 0 Å². The molecule has 0 aromatic carbocycles. The first-order chi connectivity index (χ1) is 14.6. The number of pyridine rings is 1. The number of rotatable bonds is 4. The van der Waals surface area contributed by atoms with Crippen LogP contribution in [-0.2, 0) is 6.42 Å². The van der Waals surface area contributed by atoms with E-state index in [1.54, 1.807) is 7.11 Å². The first-order valence-corrected chi connectivity index (χ1v) is 10.7. The quantitative estimate of drug-likeness (QED) is 0.658. The number of hydrogen-bond donors (Lipinski definition) is 0. The van der Waals surface area contributed by atoms with E-state index in [-0.39, 0.29) is 6.04 Å². The highest BCUT2D eigenvalue weighted by molar-refractivity contribution is 5.58. The molecular weight excluding hydrogens is 378 g/mol. The van der Waals surface area contributed by atoms with Gasteiger partial charge in [-0.3, -0.25) is 9.38 Å². The standard InChI is InChI=1S/C22H29N7O/c1-26-10-12-28(13-11-26)22-25-20(30-3)14-18-24-19(15-29(18)22)27(2)17-8-4-6-16-7-5-9-23-21(16)17/h5,7,9,14-15,17H,4,6,8,10-13H2,1-3H3/t17-/m0/s1. The zero-order valence-electron chi connectivity index (χ0n) is 18.0. The third-order valence-electron chi connectivity index (χ3n) is 6.39. The van der Waals surface area contributed by atoms with Crippen molar-refractivity contribution in [2.75, 3.05) is 57.2 Å². The smallest absolute Gasteiger partial charge is 0.219 e. The topological polar surface area (TPSA) is 62.0 Å². The molecule has 5 rings (SSSR count). The summed E-state index contributed by atoms with van der Waals surface area (Å²) < 4.78 is 7.58. The predicted octanol–water partition coefficient (Wildman–Crippen LogP) is 2.40. The maximum atomic E-state index is 5.48. The lowest BCUT2D eigenvalue weighted by molar-refractivity contribution is 0.310. The summed E-state index contributed by atoms with van der Waals surface area (Å²) in [6, 6.07) is 6.38. The van der Waals surface area contributed by atoms with Gasteiger partial charge in [0.25, 0.3) is 0 Å². The highest BCUT2D eigenvalue weighted by Gasteiger charge is 2.27. The molecule has 8 nitrogen and oxygen atoms in total. The summed E-state index contributed by atoms with van der Waals surface area (Å²) in [6.07, 6.45) is 7.36. The molecule has 2 aliphatic rings. The van der Waals surface area contributed by atoms with Gasteiger partial charge in [0.15, 0.2) is 0 Å². The average molecular weight is 408 g/mol. The number of hydrogen-bond acceptors (Lipinski definition) is 7. The molecule has 8 heteroatoms. The van der Waals surface area contributed by atoms with Crippen LogP contribution in [0.5, 0.6) is 5.88 Å². The summed E-state index contributed by atoms with van der Waals surface area (Å²) in [5.41, 5.74) is 3.39. The Morgan fingerprint density at radius 1 is 1.17 bits per heavy atom. The van der Waals surface area contributed by atoms with Crippen molar-refractivity contribution in [3.8, 4) is 5.88 Å². The molecular formula is C22H29N7O. The molecule has 1 fully saturated rings. The van der Waals surface area contributed by atoms with Crippen LogP contribution in [-0.4, -0.2) is 71.6 Å². The number of aromatic nitrogens is 4. The molecule has 3 aromatic rings. The molecule has 0 saturated carbocycles. The summed E-state index contributed by atoms with van der Waals surface area (Å²) in [7, 11) is 5.94. The lowest BCUT2D eigenvalue weighted by atomic mass is 9.91. The summed E-state index contributed by atoms with van der Waals surface area (Å²) in [4.78, 5) is 21.3. The van der Waals surface area contributed by atoms with E-state index in [9.17, 15) is 0 Å². The third-order valence-corrected chi connectivity index (χ3v) is 6.39. The monoisotopic (exact) mass is 407 g/mol. The first kappa shape index (κ1) is 19.1. The normalized spacial score (nSPS) is 19.7. The summed E-state index contributed by atoms with van der Waals surface area (Å²) in [5, 5.41) is 0. The van der Waals surface area contributed by atoms with Crippen LogP contribution in [0.1, 0.15) is 30.1 Å². The van der Waals surface area contributed by atoms with Crippen molar-refractivity contribution in [3.63, 3.8) is 0 Å². The van der Waals surface area contributed by atoms with Crippen LogP contribution in [0.25, 0.3) is 5.65 Å². The van der Waals surface area contributed by atoms with Gasteiger partial charge in [-0.1, -0.05) is 6.07 Å². The van der Waals surface area contributed by atoms with Crippen molar-refractivity contribution in [3.05, 3.63) is 41.9 Å². The molecule has 3 aromatic heterocycles. The van der Waals surface area contributed by atoms with Crippen molar-refractivity contribution in [1.82, 2.24) is 24.3 Å². The van der Waals surface area contributed by atoms with E-state index < -0.39 is 0 Å². The Kier molecular flexibility index (Phi) is 4.94. The SMILES string of the molecule is COc1cc2nc(N(C)[C@H]3CCCc4cccnc43)cn2c(N2CCN(C)CC2)n1. The molecule has 0 bridgehead atoms. The largest absolute Gasteiger partial charge is 0.481 e. The maximum absolute atomic E-state index is 5.48. The van der Waals surface area contributed by atoms with E-state index in [0.717, 1.165) is 56.4 Å². The van der Waals surface area contributed by atoms with Crippen molar-refractivity contribution >= 4 is 17.4 Å². The Hall–Kier alpha value is -2.87. The molecule has 1 aliphatic heterocycles. The molecule has 0 radical (unpaired) electrons.